The van der Waals surface area contributed by atoms with Gasteiger partial charge in [0.2, 0.25) is 5.82 Å². The zero-order chi connectivity index (χ0) is 17.7. The smallest absolute Gasteiger partial charge is 0.323 e. The summed E-state index contributed by atoms with van der Waals surface area (Å²) in [6, 6.07) is -0.584. The molecular weight excluding hydrogens is 318 g/mol. The summed E-state index contributed by atoms with van der Waals surface area (Å²) >= 11 is 0. The number of aromatic nitrogens is 4. The second kappa shape index (κ2) is 7.34. The van der Waals surface area contributed by atoms with Crippen LogP contribution in [0.1, 0.15) is 39.4 Å². The summed E-state index contributed by atoms with van der Waals surface area (Å²) in [7, 11) is 0. The molecule has 1 aromatic heterocycles. The van der Waals surface area contributed by atoms with Gasteiger partial charge >= 0.3 is 6.03 Å². The SMILES string of the molecule is CC(C)CCC1(C)NC(=O)N(CC(=O)NOCc2nn[nH]n2)C1=O. The van der Waals surface area contributed by atoms with E-state index in [0.717, 1.165) is 11.3 Å². The second-order valence-corrected chi connectivity index (χ2v) is 6.23. The van der Waals surface area contributed by atoms with Crippen molar-refractivity contribution < 1.29 is 19.2 Å². The summed E-state index contributed by atoms with van der Waals surface area (Å²) in [6.07, 6.45) is 1.30. The molecular formula is C13H21N7O4. The number of amides is 4. The maximum absolute atomic E-state index is 12.4. The van der Waals surface area contributed by atoms with Crippen LogP contribution >= 0.6 is 0 Å². The number of aromatic amines is 1. The van der Waals surface area contributed by atoms with Gasteiger partial charge in [-0.1, -0.05) is 19.1 Å². The predicted octanol–water partition coefficient (Wildman–Crippen LogP) is -0.506. The Labute approximate surface area is 138 Å². The molecule has 0 aliphatic carbocycles. The molecule has 1 fully saturated rings. The number of hydrogen-bond donors (Lipinski definition) is 3. The summed E-state index contributed by atoms with van der Waals surface area (Å²) in [5.74, 6) is -0.384. The fraction of sp³-hybridized carbons (Fsp3) is 0.692. The van der Waals surface area contributed by atoms with E-state index in [2.05, 4.69) is 31.4 Å². The Morgan fingerprint density at radius 2 is 2.17 bits per heavy atom. The van der Waals surface area contributed by atoms with Crippen LogP contribution < -0.4 is 10.8 Å². The number of carbonyl (C=O) groups excluding carboxylic acids is 3. The van der Waals surface area contributed by atoms with Gasteiger partial charge in [-0.3, -0.25) is 19.3 Å². The first kappa shape index (κ1) is 17.8. The van der Waals surface area contributed by atoms with E-state index in [1.807, 2.05) is 13.8 Å². The largest absolute Gasteiger partial charge is 0.325 e. The van der Waals surface area contributed by atoms with Crippen LogP contribution in [0.3, 0.4) is 0 Å². The van der Waals surface area contributed by atoms with Gasteiger partial charge in [-0.25, -0.2) is 10.3 Å². The minimum Gasteiger partial charge on any atom is -0.323 e. The minimum absolute atomic E-state index is 0.0888. The van der Waals surface area contributed by atoms with E-state index in [4.69, 9.17) is 4.84 Å². The number of nitrogens with one attached hydrogen (secondary N) is 3. The fourth-order valence-corrected chi connectivity index (χ4v) is 2.24. The van der Waals surface area contributed by atoms with Crippen LogP contribution in [0.25, 0.3) is 0 Å². The molecule has 3 N–H and O–H groups in total. The third-order valence-electron chi connectivity index (χ3n) is 3.65. The van der Waals surface area contributed by atoms with E-state index >= 15 is 0 Å². The van der Waals surface area contributed by atoms with Gasteiger partial charge in [0.15, 0.2) is 0 Å². The molecule has 132 valence electrons. The molecule has 0 radical (unpaired) electrons. The summed E-state index contributed by atoms with van der Waals surface area (Å²) < 4.78 is 0. The molecule has 2 rings (SSSR count). The molecule has 1 unspecified atom stereocenters. The Hall–Kier alpha value is -2.56. The highest BCUT2D eigenvalue weighted by molar-refractivity contribution is 6.08. The number of nitrogens with zero attached hydrogens (tertiary/aromatic N) is 4. The van der Waals surface area contributed by atoms with Crippen LogP contribution in [0.15, 0.2) is 0 Å². The molecule has 0 saturated carbocycles. The lowest BCUT2D eigenvalue weighted by atomic mass is 9.92. The summed E-state index contributed by atoms with van der Waals surface area (Å²) in [4.78, 5) is 42.0. The Morgan fingerprint density at radius 3 is 2.79 bits per heavy atom. The zero-order valence-electron chi connectivity index (χ0n) is 13.8. The van der Waals surface area contributed by atoms with E-state index in [1.165, 1.54) is 0 Å². The number of hydroxylamine groups is 1. The molecule has 11 nitrogen and oxygen atoms in total. The van der Waals surface area contributed by atoms with Crippen molar-refractivity contribution >= 4 is 17.8 Å². The normalized spacial score (nSPS) is 20.6. The molecule has 2 heterocycles. The topological polar surface area (TPSA) is 142 Å². The lowest BCUT2D eigenvalue weighted by Crippen LogP contribution is -2.45. The number of tetrazole rings is 1. The highest BCUT2D eigenvalue weighted by atomic mass is 16.7. The van der Waals surface area contributed by atoms with Crippen molar-refractivity contribution in [2.24, 2.45) is 5.92 Å². The lowest BCUT2D eigenvalue weighted by molar-refractivity contribution is -0.140. The average molecular weight is 339 g/mol. The van der Waals surface area contributed by atoms with Crippen LogP contribution in [-0.4, -0.2) is 55.5 Å². The van der Waals surface area contributed by atoms with Gasteiger partial charge in [-0.05, 0) is 25.7 Å². The number of rotatable bonds is 8. The monoisotopic (exact) mass is 339 g/mol. The first-order valence-electron chi connectivity index (χ1n) is 7.59. The molecule has 4 amide bonds. The maximum atomic E-state index is 12.4. The summed E-state index contributed by atoms with van der Waals surface area (Å²) in [5, 5.41) is 15.5. The van der Waals surface area contributed by atoms with Crippen molar-refractivity contribution in [3.8, 4) is 0 Å². The van der Waals surface area contributed by atoms with Crippen molar-refractivity contribution in [3.63, 3.8) is 0 Å². The molecule has 1 aliphatic rings. The first-order valence-corrected chi connectivity index (χ1v) is 7.59. The Morgan fingerprint density at radius 1 is 1.42 bits per heavy atom. The second-order valence-electron chi connectivity index (χ2n) is 6.23. The average Bonchev–Trinajstić information content (AvgIpc) is 3.09. The van der Waals surface area contributed by atoms with Crippen molar-refractivity contribution in [1.29, 1.82) is 0 Å². The molecule has 0 spiro atoms. The molecule has 0 aromatic carbocycles. The standard InChI is InChI=1S/C13H21N7O4/c1-8(2)4-5-13(3)11(22)20(12(23)14-13)6-10(21)17-24-7-9-15-18-19-16-9/h8H,4-7H2,1-3H3,(H,14,23)(H,17,21)(H,15,16,18,19). The van der Waals surface area contributed by atoms with Crippen molar-refractivity contribution in [2.75, 3.05) is 6.54 Å². The van der Waals surface area contributed by atoms with Crippen molar-refractivity contribution in [3.05, 3.63) is 5.82 Å². The Balaban J connectivity index is 1.83. The molecule has 1 aromatic rings. The quantitative estimate of drug-likeness (QED) is 0.428. The van der Waals surface area contributed by atoms with Gasteiger partial charge in [0.05, 0.1) is 0 Å². The highest BCUT2D eigenvalue weighted by Gasteiger charge is 2.47. The van der Waals surface area contributed by atoms with Gasteiger partial charge in [0, 0.05) is 0 Å². The Kier molecular flexibility index (Phi) is 5.44. The van der Waals surface area contributed by atoms with Crippen LogP contribution in [0.2, 0.25) is 0 Å². The number of H-pyrrole nitrogens is 1. The first-order chi connectivity index (χ1) is 11.3. The van der Waals surface area contributed by atoms with Gasteiger partial charge in [0.25, 0.3) is 11.8 Å². The Bertz CT molecular complexity index is 603. The number of imide groups is 1. The summed E-state index contributed by atoms with van der Waals surface area (Å²) in [5.41, 5.74) is 1.15. The van der Waals surface area contributed by atoms with Crippen LogP contribution in [0, 0.1) is 5.92 Å². The molecule has 11 heteroatoms. The zero-order valence-corrected chi connectivity index (χ0v) is 13.8. The fourth-order valence-electron chi connectivity index (χ4n) is 2.24. The van der Waals surface area contributed by atoms with E-state index in [1.54, 1.807) is 6.92 Å². The van der Waals surface area contributed by atoms with E-state index < -0.39 is 29.9 Å². The van der Waals surface area contributed by atoms with E-state index in [0.29, 0.717) is 12.3 Å². The van der Waals surface area contributed by atoms with Crippen LogP contribution in [0.4, 0.5) is 4.79 Å². The maximum Gasteiger partial charge on any atom is 0.325 e. The summed E-state index contributed by atoms with van der Waals surface area (Å²) in [6.45, 7) is 5.23. The number of urea groups is 1. The molecule has 0 bridgehead atoms. The molecule has 1 aliphatic heterocycles. The van der Waals surface area contributed by atoms with Gasteiger partial charge < -0.3 is 5.32 Å². The van der Waals surface area contributed by atoms with Gasteiger partial charge in [-0.2, -0.15) is 5.21 Å². The third-order valence-corrected chi connectivity index (χ3v) is 3.65. The number of carbonyl (C=O) groups is 3. The van der Waals surface area contributed by atoms with Crippen LogP contribution in [-0.2, 0) is 21.0 Å². The molecule has 24 heavy (non-hydrogen) atoms. The van der Waals surface area contributed by atoms with Crippen molar-refractivity contribution in [1.82, 2.24) is 36.3 Å². The highest BCUT2D eigenvalue weighted by Crippen LogP contribution is 2.24. The lowest BCUT2D eigenvalue weighted by Gasteiger charge is -2.22. The number of hydrogen-bond acceptors (Lipinski definition) is 7. The predicted molar refractivity (Wildman–Crippen MR) is 79.8 cm³/mol. The molecule has 1 atom stereocenters. The van der Waals surface area contributed by atoms with Gasteiger partial charge in [0.1, 0.15) is 18.7 Å². The van der Waals surface area contributed by atoms with Gasteiger partial charge in [-0.15, -0.1) is 10.2 Å². The van der Waals surface area contributed by atoms with Crippen molar-refractivity contribution in [2.45, 2.75) is 45.8 Å². The third kappa shape index (κ3) is 4.25. The van der Waals surface area contributed by atoms with E-state index in [-0.39, 0.29) is 12.4 Å². The minimum atomic E-state index is -0.979. The van der Waals surface area contributed by atoms with Crippen LogP contribution in [0.5, 0.6) is 0 Å². The molecule has 1 saturated heterocycles. The van der Waals surface area contributed by atoms with E-state index in [9.17, 15) is 14.4 Å².